The number of benzene rings is 2. The maximum atomic E-state index is 13.2. The van der Waals surface area contributed by atoms with E-state index in [1.165, 1.54) is 16.7 Å². The quantitative estimate of drug-likeness (QED) is 0.633. The molecule has 0 bridgehead atoms. The molecule has 0 saturated heterocycles. The molecule has 0 N–H and O–H groups in total. The summed E-state index contributed by atoms with van der Waals surface area (Å²) < 4.78 is 5.47. The summed E-state index contributed by atoms with van der Waals surface area (Å²) in [5, 5.41) is 0.568. The minimum Gasteiger partial charge on any atom is -0.494 e. The first-order chi connectivity index (χ1) is 13.0. The molecule has 0 fully saturated rings. The fraction of sp³-hybridized carbons (Fsp3) is 0.238. The summed E-state index contributed by atoms with van der Waals surface area (Å²) in [5.74, 6) is 0.822. The number of carbonyl (C=O) groups is 2. The number of thioether (sulfide) groups is 1. The van der Waals surface area contributed by atoms with Gasteiger partial charge in [-0.15, -0.1) is 11.8 Å². The van der Waals surface area contributed by atoms with Crippen molar-refractivity contribution in [2.45, 2.75) is 20.8 Å². The van der Waals surface area contributed by atoms with Crippen molar-refractivity contribution in [2.75, 3.05) is 17.3 Å². The van der Waals surface area contributed by atoms with E-state index in [-0.39, 0.29) is 11.8 Å². The van der Waals surface area contributed by atoms with Crippen LogP contribution in [-0.2, 0) is 9.59 Å². The molecule has 2 amide bonds. The van der Waals surface area contributed by atoms with E-state index in [4.69, 9.17) is 16.3 Å². The summed E-state index contributed by atoms with van der Waals surface area (Å²) in [7, 11) is 0. The van der Waals surface area contributed by atoms with Gasteiger partial charge in [-0.25, -0.2) is 4.90 Å². The highest BCUT2D eigenvalue weighted by Gasteiger charge is 2.40. The summed E-state index contributed by atoms with van der Waals surface area (Å²) in [5.41, 5.74) is 2.48. The molecule has 0 spiro atoms. The number of nitrogens with zero attached hydrogens (tertiary/aromatic N) is 1. The van der Waals surface area contributed by atoms with Crippen LogP contribution in [0.3, 0.4) is 0 Å². The fourth-order valence-corrected chi connectivity index (χ4v) is 4.10. The molecule has 0 radical (unpaired) electrons. The van der Waals surface area contributed by atoms with Crippen molar-refractivity contribution in [1.82, 2.24) is 0 Å². The van der Waals surface area contributed by atoms with Crippen LogP contribution in [0.4, 0.5) is 5.69 Å². The summed E-state index contributed by atoms with van der Waals surface area (Å²) in [6.07, 6.45) is 0. The largest absolute Gasteiger partial charge is 0.494 e. The van der Waals surface area contributed by atoms with Gasteiger partial charge in [0.25, 0.3) is 11.8 Å². The molecular formula is C21H20ClNO3S. The molecular weight excluding hydrogens is 382 g/mol. The Balaban J connectivity index is 2.05. The van der Waals surface area contributed by atoms with Crippen LogP contribution < -0.4 is 9.64 Å². The van der Waals surface area contributed by atoms with Crippen molar-refractivity contribution in [3.05, 3.63) is 63.5 Å². The van der Waals surface area contributed by atoms with Gasteiger partial charge in [-0.1, -0.05) is 30.7 Å². The van der Waals surface area contributed by atoms with Gasteiger partial charge in [0.05, 0.1) is 22.8 Å². The summed E-state index contributed by atoms with van der Waals surface area (Å²) >= 11 is 7.41. The standard InChI is InChI=1S/C21H20ClNO3S/c1-4-26-16-9-6-14(7-10-16)18-19(27-5-2)21(25)23(20(18)24)17-11-8-15(22)12-13(17)3/h6-12H,4-5H2,1-3H3. The van der Waals surface area contributed by atoms with Gasteiger partial charge in [0.2, 0.25) is 0 Å². The first-order valence-electron chi connectivity index (χ1n) is 8.73. The van der Waals surface area contributed by atoms with E-state index in [0.29, 0.717) is 39.1 Å². The maximum absolute atomic E-state index is 13.2. The number of carbonyl (C=O) groups excluding carboxylic acids is 2. The second kappa shape index (κ2) is 8.19. The number of amides is 2. The molecule has 1 aliphatic rings. The average Bonchev–Trinajstić information content (AvgIpc) is 2.87. The molecule has 6 heteroatoms. The Morgan fingerprint density at radius 3 is 2.33 bits per heavy atom. The van der Waals surface area contributed by atoms with Crippen molar-refractivity contribution in [2.24, 2.45) is 0 Å². The van der Waals surface area contributed by atoms with Gasteiger partial charge < -0.3 is 4.74 Å². The lowest BCUT2D eigenvalue weighted by Crippen LogP contribution is -2.31. The molecule has 3 rings (SSSR count). The van der Waals surface area contributed by atoms with Gasteiger partial charge in [0.15, 0.2) is 0 Å². The van der Waals surface area contributed by atoms with Gasteiger partial charge in [-0.3, -0.25) is 9.59 Å². The van der Waals surface area contributed by atoms with E-state index >= 15 is 0 Å². The van der Waals surface area contributed by atoms with E-state index in [1.54, 1.807) is 18.2 Å². The number of halogens is 1. The second-order valence-corrected chi connectivity index (χ2v) is 7.68. The predicted octanol–water partition coefficient (Wildman–Crippen LogP) is 5.08. The van der Waals surface area contributed by atoms with Gasteiger partial charge in [-0.05, 0) is 61.1 Å². The Hall–Kier alpha value is -2.24. The average molecular weight is 402 g/mol. The van der Waals surface area contributed by atoms with Gasteiger partial charge in [0.1, 0.15) is 5.75 Å². The molecule has 1 aliphatic heterocycles. The molecule has 0 unspecified atom stereocenters. The summed E-state index contributed by atoms with van der Waals surface area (Å²) in [6, 6.07) is 12.4. The molecule has 27 heavy (non-hydrogen) atoms. The first-order valence-corrected chi connectivity index (χ1v) is 10.1. The van der Waals surface area contributed by atoms with E-state index in [9.17, 15) is 9.59 Å². The zero-order valence-corrected chi connectivity index (χ0v) is 17.0. The third kappa shape index (κ3) is 3.75. The van der Waals surface area contributed by atoms with Crippen LogP contribution in [0.1, 0.15) is 25.0 Å². The topological polar surface area (TPSA) is 46.6 Å². The maximum Gasteiger partial charge on any atom is 0.272 e. The minimum absolute atomic E-state index is 0.291. The summed E-state index contributed by atoms with van der Waals surface area (Å²) in [4.78, 5) is 28.0. The Labute approximate surface area is 168 Å². The lowest BCUT2D eigenvalue weighted by atomic mass is 10.1. The van der Waals surface area contributed by atoms with Crippen LogP contribution in [0, 0.1) is 6.92 Å². The molecule has 140 valence electrons. The highest BCUT2D eigenvalue weighted by atomic mass is 35.5. The van der Waals surface area contributed by atoms with E-state index in [2.05, 4.69) is 0 Å². The zero-order chi connectivity index (χ0) is 19.6. The van der Waals surface area contributed by atoms with Crippen molar-refractivity contribution in [3.8, 4) is 5.75 Å². The van der Waals surface area contributed by atoms with Crippen LogP contribution in [0.2, 0.25) is 5.02 Å². The summed E-state index contributed by atoms with van der Waals surface area (Å²) in [6.45, 7) is 6.28. The second-order valence-electron chi connectivity index (χ2n) is 5.97. The van der Waals surface area contributed by atoms with Crippen molar-refractivity contribution in [1.29, 1.82) is 0 Å². The van der Waals surface area contributed by atoms with Gasteiger partial charge >= 0.3 is 0 Å². The normalized spacial score (nSPS) is 14.3. The van der Waals surface area contributed by atoms with Crippen molar-refractivity contribution >= 4 is 46.4 Å². The van der Waals surface area contributed by atoms with Crippen LogP contribution in [0.25, 0.3) is 5.57 Å². The Bertz CT molecular complexity index is 922. The van der Waals surface area contributed by atoms with Gasteiger partial charge in [-0.2, -0.15) is 0 Å². The molecule has 0 atom stereocenters. The molecule has 2 aromatic rings. The fourth-order valence-electron chi connectivity index (χ4n) is 3.02. The third-order valence-electron chi connectivity index (χ3n) is 4.18. The lowest BCUT2D eigenvalue weighted by Gasteiger charge is -2.18. The minimum atomic E-state index is -0.314. The number of aryl methyl sites for hydroxylation is 1. The third-order valence-corrected chi connectivity index (χ3v) is 5.37. The molecule has 4 nitrogen and oxygen atoms in total. The smallest absolute Gasteiger partial charge is 0.272 e. The number of imide groups is 1. The first kappa shape index (κ1) is 19.5. The van der Waals surface area contributed by atoms with Crippen LogP contribution >= 0.6 is 23.4 Å². The number of hydrogen-bond donors (Lipinski definition) is 0. The zero-order valence-electron chi connectivity index (χ0n) is 15.4. The van der Waals surface area contributed by atoms with E-state index < -0.39 is 0 Å². The number of rotatable bonds is 6. The SMILES string of the molecule is CCOc1ccc(C2=C(SCC)C(=O)N(c3ccc(Cl)cc3C)C2=O)cc1. The predicted molar refractivity (Wildman–Crippen MR) is 111 cm³/mol. The van der Waals surface area contributed by atoms with Crippen molar-refractivity contribution < 1.29 is 14.3 Å². The van der Waals surface area contributed by atoms with Gasteiger partial charge in [0, 0.05) is 5.02 Å². The highest BCUT2D eigenvalue weighted by molar-refractivity contribution is 8.04. The lowest BCUT2D eigenvalue weighted by molar-refractivity contribution is -0.119. The number of hydrogen-bond acceptors (Lipinski definition) is 4. The Kier molecular flexibility index (Phi) is 5.92. The molecule has 2 aromatic carbocycles. The van der Waals surface area contributed by atoms with Crippen LogP contribution in [-0.4, -0.2) is 24.2 Å². The molecule has 1 heterocycles. The monoisotopic (exact) mass is 401 g/mol. The van der Waals surface area contributed by atoms with E-state index in [0.717, 1.165) is 11.3 Å². The molecule has 0 aromatic heterocycles. The Morgan fingerprint density at radius 1 is 1.04 bits per heavy atom. The van der Waals surface area contributed by atoms with Crippen molar-refractivity contribution in [3.63, 3.8) is 0 Å². The highest BCUT2D eigenvalue weighted by Crippen LogP contribution is 2.39. The Morgan fingerprint density at radius 2 is 1.74 bits per heavy atom. The number of ether oxygens (including phenoxy) is 1. The van der Waals surface area contributed by atoms with E-state index in [1.807, 2.05) is 45.0 Å². The van der Waals surface area contributed by atoms with Crippen LogP contribution in [0.5, 0.6) is 5.75 Å². The van der Waals surface area contributed by atoms with Crippen LogP contribution in [0.15, 0.2) is 47.4 Å². The molecule has 0 aliphatic carbocycles. The molecule has 0 saturated carbocycles. The number of anilines is 1.